The van der Waals surface area contributed by atoms with Gasteiger partial charge in [-0.1, -0.05) is 24.2 Å². The van der Waals surface area contributed by atoms with Crippen molar-refractivity contribution in [1.29, 1.82) is 0 Å². The molecule has 0 radical (unpaired) electrons. The Morgan fingerprint density at radius 1 is 1.28 bits per heavy atom. The fraction of sp³-hybridized carbons (Fsp3) is 0.750. The van der Waals surface area contributed by atoms with Crippen LogP contribution in [0.25, 0.3) is 4.96 Å². The Hall–Kier alpha value is -1.01. The molecule has 5 nitrogen and oxygen atoms in total. The molecule has 4 rings (SSSR count). The van der Waals surface area contributed by atoms with Gasteiger partial charge in [0.05, 0.1) is 6.04 Å². The average molecular weight is 263 g/mol. The van der Waals surface area contributed by atoms with Crippen LogP contribution in [0.1, 0.15) is 49.0 Å². The molecule has 3 unspecified atom stereocenters. The number of hydrogen-bond acceptors (Lipinski definition) is 5. The highest BCUT2D eigenvalue weighted by molar-refractivity contribution is 7.16. The molecule has 0 aromatic carbocycles. The Balaban J connectivity index is 1.63. The molecule has 2 fully saturated rings. The number of aryl methyl sites for hydroxylation is 1. The summed E-state index contributed by atoms with van der Waals surface area (Å²) in [6.45, 7) is 1.95. The lowest BCUT2D eigenvalue weighted by Gasteiger charge is -2.24. The van der Waals surface area contributed by atoms with E-state index in [-0.39, 0.29) is 0 Å². The molecular formula is C12H17N5S. The van der Waals surface area contributed by atoms with E-state index in [4.69, 9.17) is 0 Å². The first-order valence-electron chi connectivity index (χ1n) is 6.76. The summed E-state index contributed by atoms with van der Waals surface area (Å²) in [6.07, 6.45) is 6.75. The van der Waals surface area contributed by atoms with Gasteiger partial charge in [-0.3, -0.25) is 0 Å². The van der Waals surface area contributed by atoms with Crippen molar-refractivity contribution in [3.63, 3.8) is 0 Å². The minimum atomic E-state index is 0.434. The maximum absolute atomic E-state index is 4.66. The average Bonchev–Trinajstić information content (AvgIpc) is 3.04. The molecular weight excluding hydrogens is 246 g/mol. The Morgan fingerprint density at radius 2 is 2.17 bits per heavy atom. The number of rotatable bonds is 1. The molecule has 3 atom stereocenters. The van der Waals surface area contributed by atoms with Crippen molar-refractivity contribution in [2.45, 2.75) is 51.1 Å². The molecule has 2 aromatic heterocycles. The second-order valence-electron chi connectivity index (χ2n) is 5.49. The number of fused-ring (bicyclic) bond motifs is 2. The summed E-state index contributed by atoms with van der Waals surface area (Å²) in [5, 5.41) is 17.8. The van der Waals surface area contributed by atoms with E-state index in [1.165, 1.54) is 37.1 Å². The SMILES string of the molecule is Cc1nnc2sc(C3CC4CCCCC4N3)nn12. The zero-order valence-corrected chi connectivity index (χ0v) is 11.3. The number of hydrogen-bond donors (Lipinski definition) is 1. The molecule has 1 saturated carbocycles. The minimum Gasteiger partial charge on any atom is -0.305 e. The van der Waals surface area contributed by atoms with Gasteiger partial charge in [0.15, 0.2) is 5.82 Å². The third-order valence-corrected chi connectivity index (χ3v) is 5.34. The van der Waals surface area contributed by atoms with Crippen LogP contribution in [0.4, 0.5) is 0 Å². The first kappa shape index (κ1) is 10.9. The van der Waals surface area contributed by atoms with Crippen LogP contribution in [0.3, 0.4) is 0 Å². The van der Waals surface area contributed by atoms with Crippen LogP contribution >= 0.6 is 11.3 Å². The fourth-order valence-electron chi connectivity index (χ4n) is 3.38. The molecule has 1 N–H and O–H groups in total. The third kappa shape index (κ3) is 1.59. The van der Waals surface area contributed by atoms with Gasteiger partial charge < -0.3 is 5.32 Å². The van der Waals surface area contributed by atoms with Crippen molar-refractivity contribution in [1.82, 2.24) is 25.1 Å². The normalized spacial score (nSPS) is 31.9. The van der Waals surface area contributed by atoms with Gasteiger partial charge in [-0.25, -0.2) is 0 Å². The van der Waals surface area contributed by atoms with Crippen molar-refractivity contribution < 1.29 is 0 Å². The number of nitrogens with zero attached hydrogens (tertiary/aromatic N) is 4. The summed E-state index contributed by atoms with van der Waals surface area (Å²) >= 11 is 1.68. The van der Waals surface area contributed by atoms with Crippen molar-refractivity contribution in [3.8, 4) is 0 Å². The van der Waals surface area contributed by atoms with Crippen LogP contribution in [0.2, 0.25) is 0 Å². The fourth-order valence-corrected chi connectivity index (χ4v) is 4.34. The van der Waals surface area contributed by atoms with Gasteiger partial charge in [0, 0.05) is 6.04 Å². The third-order valence-electron chi connectivity index (χ3n) is 4.32. The molecule has 96 valence electrons. The second-order valence-corrected chi connectivity index (χ2v) is 6.48. The van der Waals surface area contributed by atoms with Crippen molar-refractivity contribution in [3.05, 3.63) is 10.8 Å². The van der Waals surface area contributed by atoms with Crippen LogP contribution in [-0.4, -0.2) is 25.9 Å². The number of aromatic nitrogens is 4. The highest BCUT2D eigenvalue weighted by Gasteiger charge is 2.37. The van der Waals surface area contributed by atoms with Crippen molar-refractivity contribution >= 4 is 16.3 Å². The molecule has 2 aliphatic rings. The first-order chi connectivity index (χ1) is 8.81. The number of nitrogens with one attached hydrogen (secondary N) is 1. The van der Waals surface area contributed by atoms with E-state index in [1.54, 1.807) is 11.3 Å². The molecule has 1 aliphatic carbocycles. The van der Waals surface area contributed by atoms with Crippen LogP contribution in [0, 0.1) is 12.8 Å². The lowest BCUT2D eigenvalue weighted by molar-refractivity contribution is 0.325. The van der Waals surface area contributed by atoms with Gasteiger partial charge in [0.2, 0.25) is 4.96 Å². The molecule has 1 saturated heterocycles. The van der Waals surface area contributed by atoms with Gasteiger partial charge in [0.1, 0.15) is 5.01 Å². The van der Waals surface area contributed by atoms with Gasteiger partial charge in [-0.2, -0.15) is 9.61 Å². The predicted octanol–water partition coefficient (Wildman–Crippen LogP) is 2.09. The summed E-state index contributed by atoms with van der Waals surface area (Å²) in [5.74, 6) is 1.74. The van der Waals surface area contributed by atoms with E-state index in [2.05, 4.69) is 20.6 Å². The Morgan fingerprint density at radius 3 is 3.00 bits per heavy atom. The molecule has 18 heavy (non-hydrogen) atoms. The zero-order valence-electron chi connectivity index (χ0n) is 10.5. The summed E-state index contributed by atoms with van der Waals surface area (Å²) in [5.41, 5.74) is 0. The monoisotopic (exact) mass is 263 g/mol. The molecule has 0 amide bonds. The molecule has 3 heterocycles. The highest BCUT2D eigenvalue weighted by atomic mass is 32.1. The Bertz CT molecular complexity index is 560. The van der Waals surface area contributed by atoms with E-state index in [1.807, 2.05) is 11.4 Å². The van der Waals surface area contributed by atoms with Crippen LogP contribution in [0.15, 0.2) is 0 Å². The van der Waals surface area contributed by atoms with E-state index in [0.717, 1.165) is 22.7 Å². The maximum atomic E-state index is 4.66. The van der Waals surface area contributed by atoms with Crippen LogP contribution in [0.5, 0.6) is 0 Å². The summed E-state index contributed by atoms with van der Waals surface area (Å²) in [6, 6.07) is 1.16. The smallest absolute Gasteiger partial charge is 0.234 e. The first-order valence-corrected chi connectivity index (χ1v) is 7.58. The summed E-state index contributed by atoms with van der Waals surface area (Å²) in [4.78, 5) is 0.916. The predicted molar refractivity (Wildman–Crippen MR) is 69.6 cm³/mol. The minimum absolute atomic E-state index is 0.434. The molecule has 0 spiro atoms. The summed E-state index contributed by atoms with van der Waals surface area (Å²) < 4.78 is 1.86. The van der Waals surface area contributed by atoms with E-state index in [0.29, 0.717) is 6.04 Å². The van der Waals surface area contributed by atoms with Gasteiger partial charge in [0.25, 0.3) is 0 Å². The zero-order chi connectivity index (χ0) is 12.1. The Kier molecular flexibility index (Phi) is 2.41. The molecule has 1 aliphatic heterocycles. The molecule has 2 aromatic rings. The summed E-state index contributed by atoms with van der Waals surface area (Å²) in [7, 11) is 0. The van der Waals surface area contributed by atoms with Crippen molar-refractivity contribution in [2.75, 3.05) is 0 Å². The van der Waals surface area contributed by atoms with Crippen molar-refractivity contribution in [2.24, 2.45) is 5.92 Å². The van der Waals surface area contributed by atoms with Crippen LogP contribution in [-0.2, 0) is 0 Å². The van der Waals surface area contributed by atoms with Gasteiger partial charge >= 0.3 is 0 Å². The maximum Gasteiger partial charge on any atom is 0.234 e. The van der Waals surface area contributed by atoms with Gasteiger partial charge in [-0.15, -0.1) is 10.2 Å². The van der Waals surface area contributed by atoms with E-state index in [9.17, 15) is 0 Å². The molecule has 0 bridgehead atoms. The topological polar surface area (TPSA) is 55.1 Å². The Labute approximate surface area is 110 Å². The van der Waals surface area contributed by atoms with E-state index >= 15 is 0 Å². The largest absolute Gasteiger partial charge is 0.305 e. The highest BCUT2D eigenvalue weighted by Crippen LogP contribution is 2.39. The van der Waals surface area contributed by atoms with E-state index < -0.39 is 0 Å². The lowest BCUT2D eigenvalue weighted by Crippen LogP contribution is -2.30. The van der Waals surface area contributed by atoms with Gasteiger partial charge in [-0.05, 0) is 32.1 Å². The standard InChI is InChI=1S/C12H17N5S/c1-7-14-15-12-17(7)16-11(18-12)10-6-8-4-2-3-5-9(8)13-10/h8-10,13H,2-6H2,1H3. The quantitative estimate of drug-likeness (QED) is 0.856. The second kappa shape index (κ2) is 3.99. The molecule has 6 heteroatoms. The van der Waals surface area contributed by atoms with Crippen LogP contribution < -0.4 is 5.32 Å². The lowest BCUT2D eigenvalue weighted by atomic mass is 9.85.